The van der Waals surface area contributed by atoms with Gasteiger partial charge in [-0.2, -0.15) is 0 Å². The third-order valence-corrected chi connectivity index (χ3v) is 7.15. The summed E-state index contributed by atoms with van der Waals surface area (Å²) in [6, 6.07) is 4.52. The maximum atomic E-state index is 13.1. The molecule has 184 valence electrons. The number of hydrogen-bond donors (Lipinski definition) is 1. The minimum absolute atomic E-state index is 0.0622. The van der Waals surface area contributed by atoms with Crippen molar-refractivity contribution in [3.05, 3.63) is 28.8 Å². The Labute approximate surface area is 198 Å². The molecule has 33 heavy (non-hydrogen) atoms. The van der Waals surface area contributed by atoms with E-state index in [0.29, 0.717) is 31.2 Å². The first-order valence-corrected chi connectivity index (χ1v) is 12.5. The van der Waals surface area contributed by atoms with Crippen LogP contribution in [0.4, 0.5) is 0 Å². The second-order valence-corrected chi connectivity index (χ2v) is 9.67. The van der Waals surface area contributed by atoms with E-state index >= 15 is 0 Å². The zero-order chi connectivity index (χ0) is 24.0. The molecule has 1 amide bonds. The van der Waals surface area contributed by atoms with Crippen LogP contribution in [-0.2, 0) is 20.7 Å². The largest absolute Gasteiger partial charge is 0.507 e. The van der Waals surface area contributed by atoms with Crippen molar-refractivity contribution in [1.29, 1.82) is 0 Å². The third-order valence-electron chi connectivity index (χ3n) is 7.15. The van der Waals surface area contributed by atoms with Crippen LogP contribution >= 0.6 is 0 Å². The molecule has 0 saturated carbocycles. The van der Waals surface area contributed by atoms with Gasteiger partial charge in [-0.05, 0) is 56.7 Å². The van der Waals surface area contributed by atoms with E-state index in [1.165, 1.54) is 0 Å². The van der Waals surface area contributed by atoms with Gasteiger partial charge in [0.1, 0.15) is 5.75 Å². The fourth-order valence-electron chi connectivity index (χ4n) is 5.20. The Balaban J connectivity index is 1.40. The molecular weight excluding hydrogens is 418 g/mol. The Hall–Kier alpha value is -2.12. The average molecular weight is 460 g/mol. The number of piperidine rings is 1. The number of aromatic hydroxyl groups is 1. The monoisotopic (exact) mass is 459 g/mol. The van der Waals surface area contributed by atoms with Crippen molar-refractivity contribution in [2.45, 2.75) is 59.4 Å². The van der Waals surface area contributed by atoms with Gasteiger partial charge in [0.15, 0.2) is 0 Å². The van der Waals surface area contributed by atoms with Gasteiger partial charge in [0, 0.05) is 57.8 Å². The summed E-state index contributed by atoms with van der Waals surface area (Å²) >= 11 is 0. The number of hydrogen-bond acceptors (Lipinski definition) is 6. The summed E-state index contributed by atoms with van der Waals surface area (Å²) < 4.78 is 5.03. The summed E-state index contributed by atoms with van der Waals surface area (Å²) in [5, 5.41) is 9.99. The predicted molar refractivity (Wildman–Crippen MR) is 129 cm³/mol. The zero-order valence-corrected chi connectivity index (χ0v) is 20.8. The van der Waals surface area contributed by atoms with Gasteiger partial charge in [0.2, 0.25) is 5.91 Å². The molecule has 0 bridgehead atoms. The third kappa shape index (κ3) is 6.93. The first-order valence-electron chi connectivity index (χ1n) is 12.5. The number of amides is 1. The number of aryl methyl sites for hydroxylation is 2. The van der Waals surface area contributed by atoms with Crippen molar-refractivity contribution in [3.8, 4) is 5.75 Å². The van der Waals surface area contributed by atoms with Crippen LogP contribution in [0.1, 0.15) is 49.8 Å². The van der Waals surface area contributed by atoms with E-state index < -0.39 is 0 Å². The molecule has 7 nitrogen and oxygen atoms in total. The minimum Gasteiger partial charge on any atom is -0.507 e. The Morgan fingerprint density at radius 2 is 1.67 bits per heavy atom. The molecule has 0 aromatic heterocycles. The fourth-order valence-corrected chi connectivity index (χ4v) is 5.20. The molecule has 1 N–H and O–H groups in total. The van der Waals surface area contributed by atoms with Crippen molar-refractivity contribution in [2.24, 2.45) is 5.92 Å². The number of benzene rings is 1. The number of esters is 1. The van der Waals surface area contributed by atoms with E-state index in [2.05, 4.69) is 9.80 Å². The topological polar surface area (TPSA) is 73.3 Å². The summed E-state index contributed by atoms with van der Waals surface area (Å²) in [7, 11) is 0. The lowest BCUT2D eigenvalue weighted by Crippen LogP contribution is -2.54. The molecule has 2 saturated heterocycles. The number of carbonyl (C=O) groups excluding carboxylic acids is 2. The Bertz CT molecular complexity index is 789. The number of rotatable bonds is 8. The van der Waals surface area contributed by atoms with Gasteiger partial charge < -0.3 is 19.6 Å². The lowest BCUT2D eigenvalue weighted by Gasteiger charge is -2.43. The molecular formula is C26H41N3O4. The summed E-state index contributed by atoms with van der Waals surface area (Å²) in [5.74, 6) is 0.412. The van der Waals surface area contributed by atoms with Gasteiger partial charge in [0.25, 0.3) is 0 Å². The highest BCUT2D eigenvalue weighted by molar-refractivity contribution is 5.79. The molecule has 2 aliphatic rings. The molecule has 0 aliphatic carbocycles. The van der Waals surface area contributed by atoms with Crippen LogP contribution in [0.5, 0.6) is 5.75 Å². The van der Waals surface area contributed by atoms with Crippen LogP contribution in [0.15, 0.2) is 12.1 Å². The van der Waals surface area contributed by atoms with E-state index in [9.17, 15) is 14.7 Å². The van der Waals surface area contributed by atoms with Crippen LogP contribution in [-0.4, -0.2) is 90.1 Å². The minimum atomic E-state index is -0.109. The van der Waals surface area contributed by atoms with E-state index in [-0.39, 0.29) is 17.8 Å². The van der Waals surface area contributed by atoms with Gasteiger partial charge >= 0.3 is 5.97 Å². The van der Waals surface area contributed by atoms with Crippen LogP contribution in [0.2, 0.25) is 0 Å². The molecule has 1 atom stereocenters. The number of phenols is 1. The van der Waals surface area contributed by atoms with Crippen molar-refractivity contribution in [3.63, 3.8) is 0 Å². The quantitative estimate of drug-likeness (QED) is 0.603. The standard InChI is InChI=1S/C26H41N3O4/c1-5-33-24(30)8-9-27-12-14-28(15-13-27)23-6-10-29(11-7-23)26(32)21(4)18-22-16-19(2)25(31)20(3)17-22/h16-17,21,23,31H,5-15,18H2,1-4H3/t21-/m1/s1. The van der Waals surface area contributed by atoms with Crippen molar-refractivity contribution in [2.75, 3.05) is 52.4 Å². The molecule has 0 unspecified atom stereocenters. The van der Waals surface area contributed by atoms with E-state index in [1.807, 2.05) is 44.7 Å². The highest BCUT2D eigenvalue weighted by Gasteiger charge is 2.30. The highest BCUT2D eigenvalue weighted by Crippen LogP contribution is 2.25. The zero-order valence-electron chi connectivity index (χ0n) is 20.8. The predicted octanol–water partition coefficient (Wildman–Crippen LogP) is 2.75. The molecule has 3 rings (SSSR count). The fraction of sp³-hybridized carbons (Fsp3) is 0.692. The number of nitrogens with zero attached hydrogens (tertiary/aromatic N) is 3. The Morgan fingerprint density at radius 3 is 2.24 bits per heavy atom. The molecule has 1 aromatic rings. The Morgan fingerprint density at radius 1 is 1.06 bits per heavy atom. The molecule has 2 fully saturated rings. The summed E-state index contributed by atoms with van der Waals surface area (Å²) in [4.78, 5) is 31.6. The number of piperazine rings is 1. The van der Waals surface area contributed by atoms with Gasteiger partial charge in [-0.3, -0.25) is 14.5 Å². The van der Waals surface area contributed by atoms with Crippen molar-refractivity contribution >= 4 is 11.9 Å². The molecule has 0 spiro atoms. The summed E-state index contributed by atoms with van der Waals surface area (Å²) in [5.41, 5.74) is 2.84. The smallest absolute Gasteiger partial charge is 0.307 e. The van der Waals surface area contributed by atoms with E-state index in [4.69, 9.17) is 4.74 Å². The van der Waals surface area contributed by atoms with Gasteiger partial charge in [-0.25, -0.2) is 0 Å². The van der Waals surface area contributed by atoms with Crippen LogP contribution in [0, 0.1) is 19.8 Å². The van der Waals surface area contributed by atoms with Crippen LogP contribution in [0.25, 0.3) is 0 Å². The van der Waals surface area contributed by atoms with Crippen molar-refractivity contribution in [1.82, 2.24) is 14.7 Å². The Kier molecular flexibility index (Phi) is 9.15. The van der Waals surface area contributed by atoms with Gasteiger partial charge in [-0.15, -0.1) is 0 Å². The number of carbonyl (C=O) groups is 2. The van der Waals surface area contributed by atoms with Gasteiger partial charge in [0.05, 0.1) is 13.0 Å². The maximum absolute atomic E-state index is 13.1. The maximum Gasteiger partial charge on any atom is 0.307 e. The highest BCUT2D eigenvalue weighted by atomic mass is 16.5. The number of phenolic OH excluding ortho intramolecular Hbond substituents is 1. The summed E-state index contributed by atoms with van der Waals surface area (Å²) in [6.07, 6.45) is 3.22. The van der Waals surface area contributed by atoms with Crippen LogP contribution in [0.3, 0.4) is 0 Å². The number of likely N-dealkylation sites (tertiary alicyclic amines) is 1. The first-order chi connectivity index (χ1) is 15.8. The molecule has 0 radical (unpaired) electrons. The van der Waals surface area contributed by atoms with E-state index in [0.717, 1.165) is 75.3 Å². The van der Waals surface area contributed by atoms with Crippen molar-refractivity contribution < 1.29 is 19.4 Å². The first kappa shape index (κ1) is 25.5. The van der Waals surface area contributed by atoms with Crippen LogP contribution < -0.4 is 0 Å². The SMILES string of the molecule is CCOC(=O)CCN1CCN(C2CCN(C(=O)[C@H](C)Cc3cc(C)c(O)c(C)c3)CC2)CC1. The molecule has 1 aromatic carbocycles. The molecule has 7 heteroatoms. The lowest BCUT2D eigenvalue weighted by atomic mass is 9.95. The molecule has 2 heterocycles. The van der Waals surface area contributed by atoms with Gasteiger partial charge in [-0.1, -0.05) is 19.1 Å². The second kappa shape index (κ2) is 11.8. The summed E-state index contributed by atoms with van der Waals surface area (Å²) in [6.45, 7) is 14.6. The molecule has 2 aliphatic heterocycles. The normalized spacial score (nSPS) is 19.5. The lowest BCUT2D eigenvalue weighted by molar-refractivity contribution is -0.143. The number of ether oxygens (including phenoxy) is 1. The second-order valence-electron chi connectivity index (χ2n) is 9.67. The van der Waals surface area contributed by atoms with E-state index in [1.54, 1.807) is 0 Å². The average Bonchev–Trinajstić information content (AvgIpc) is 2.81.